The number of carbonyl (C=O) groups excluding carboxylic acids is 2. The number of unbranched alkanes of at least 4 members (excludes halogenated alkanes) is 31. The van der Waals surface area contributed by atoms with E-state index >= 15 is 0 Å². The monoisotopic (exact) mass is 992 g/mol. The van der Waals surface area contributed by atoms with Gasteiger partial charge in [0, 0.05) is 6.42 Å². The molecule has 1 aliphatic rings. The molecule has 1 saturated heterocycles. The topological polar surface area (TPSA) is 175 Å². The fraction of sp³-hybridized carbons (Fsp3) is 0.864. The second-order valence-corrected chi connectivity index (χ2v) is 20.4. The molecule has 0 aromatic carbocycles. The third kappa shape index (κ3) is 35.9. The van der Waals surface area contributed by atoms with Gasteiger partial charge in [-0.15, -0.1) is 0 Å². The number of hydrogen-bond donors (Lipinski definition) is 6. The molecule has 8 atom stereocenters. The minimum Gasteiger partial charge on any atom is -0.454 e. The fourth-order valence-corrected chi connectivity index (χ4v) is 9.05. The van der Waals surface area contributed by atoms with Crippen LogP contribution in [-0.2, 0) is 23.8 Å². The number of hydrogen-bond acceptors (Lipinski definition) is 10. The van der Waals surface area contributed by atoms with Crippen molar-refractivity contribution >= 4 is 11.9 Å². The van der Waals surface area contributed by atoms with Gasteiger partial charge in [-0.3, -0.25) is 9.59 Å². The summed E-state index contributed by atoms with van der Waals surface area (Å²) >= 11 is 0. The highest BCUT2D eigenvalue weighted by Crippen LogP contribution is 2.26. The van der Waals surface area contributed by atoms with E-state index in [1.54, 1.807) is 6.08 Å². The van der Waals surface area contributed by atoms with Gasteiger partial charge in [0.1, 0.15) is 24.4 Å². The molecule has 0 aromatic heterocycles. The van der Waals surface area contributed by atoms with Gasteiger partial charge in [-0.1, -0.05) is 218 Å². The summed E-state index contributed by atoms with van der Waals surface area (Å²) in [6, 6.07) is -1.03. The molecule has 11 nitrogen and oxygen atoms in total. The Morgan fingerprint density at radius 1 is 0.543 bits per heavy atom. The highest BCUT2D eigenvalue weighted by molar-refractivity contribution is 5.80. The molecule has 0 radical (unpaired) electrons. The molecular weight excluding hydrogens is 883 g/mol. The zero-order chi connectivity index (χ0) is 51.1. The minimum absolute atomic E-state index is 0.118. The van der Waals surface area contributed by atoms with Crippen molar-refractivity contribution in [3.63, 3.8) is 0 Å². The quantitative estimate of drug-likeness (QED) is 0.0195. The molecule has 1 fully saturated rings. The van der Waals surface area contributed by atoms with E-state index in [4.69, 9.17) is 14.2 Å². The van der Waals surface area contributed by atoms with Crippen LogP contribution in [0.4, 0.5) is 0 Å². The number of esters is 1. The minimum atomic E-state index is -1.61. The molecule has 1 heterocycles. The Bertz CT molecular complexity index is 1280. The molecule has 0 aliphatic carbocycles. The lowest BCUT2D eigenvalue weighted by atomic mass is 9.99. The molecule has 0 aromatic rings. The van der Waals surface area contributed by atoms with Gasteiger partial charge < -0.3 is 45.1 Å². The van der Waals surface area contributed by atoms with Crippen molar-refractivity contribution in [1.29, 1.82) is 0 Å². The Hall–Kier alpha value is -2.12. The van der Waals surface area contributed by atoms with Gasteiger partial charge in [0.25, 0.3) is 0 Å². The normalized spacial score (nSPS) is 19.9. The van der Waals surface area contributed by atoms with Crippen molar-refractivity contribution in [2.45, 2.75) is 314 Å². The molecule has 8 unspecified atom stereocenters. The molecule has 0 saturated carbocycles. The number of rotatable bonds is 49. The molecule has 6 N–H and O–H groups in total. The highest BCUT2D eigenvalue weighted by Gasteiger charge is 2.47. The summed E-state index contributed by atoms with van der Waals surface area (Å²) in [5.41, 5.74) is 0. The SMILES string of the molecule is CCCCCCCC/C=C/CCCCCCCCCC(=O)OC1C(OCC(NC(=O)C(O)CCCC/C=C\CCCCCCCCC)C(O)/C=C/CCCCCCCCCCC)OC(CO)C(O)C1O. The van der Waals surface area contributed by atoms with E-state index in [2.05, 4.69) is 50.4 Å². The van der Waals surface area contributed by atoms with Crippen LogP contribution in [-0.4, -0.2) is 99.6 Å². The summed E-state index contributed by atoms with van der Waals surface area (Å²) in [6.07, 6.45) is 44.8. The maximum Gasteiger partial charge on any atom is 0.306 e. The van der Waals surface area contributed by atoms with Crippen LogP contribution < -0.4 is 5.32 Å². The highest BCUT2D eigenvalue weighted by atomic mass is 16.7. The number of aliphatic hydroxyl groups is 5. The van der Waals surface area contributed by atoms with Crippen molar-refractivity contribution in [3.05, 3.63) is 36.5 Å². The van der Waals surface area contributed by atoms with E-state index in [0.717, 1.165) is 70.6 Å². The molecule has 1 rings (SSSR count). The maximum atomic E-state index is 13.3. The predicted molar refractivity (Wildman–Crippen MR) is 287 cm³/mol. The summed E-state index contributed by atoms with van der Waals surface area (Å²) in [5.74, 6) is -1.21. The van der Waals surface area contributed by atoms with Crippen LogP contribution in [0.15, 0.2) is 36.5 Å². The summed E-state index contributed by atoms with van der Waals surface area (Å²) in [5, 5.41) is 56.7. The first-order valence-corrected chi connectivity index (χ1v) is 29.3. The second-order valence-electron chi connectivity index (χ2n) is 20.4. The first-order chi connectivity index (χ1) is 34.2. The number of ether oxygens (including phenoxy) is 3. The first-order valence-electron chi connectivity index (χ1n) is 29.3. The van der Waals surface area contributed by atoms with E-state index in [1.165, 1.54) is 148 Å². The van der Waals surface area contributed by atoms with Crippen molar-refractivity contribution in [1.82, 2.24) is 5.32 Å². The third-order valence-electron chi connectivity index (χ3n) is 13.8. The summed E-state index contributed by atoms with van der Waals surface area (Å²) in [7, 11) is 0. The van der Waals surface area contributed by atoms with Crippen molar-refractivity contribution in [3.8, 4) is 0 Å². The number of carbonyl (C=O) groups is 2. The molecule has 70 heavy (non-hydrogen) atoms. The summed E-state index contributed by atoms with van der Waals surface area (Å²) in [6.45, 7) is 5.76. The lowest BCUT2D eigenvalue weighted by molar-refractivity contribution is -0.305. The van der Waals surface area contributed by atoms with E-state index < -0.39 is 67.4 Å². The van der Waals surface area contributed by atoms with Gasteiger partial charge in [-0.25, -0.2) is 0 Å². The zero-order valence-electron chi connectivity index (χ0n) is 45.1. The van der Waals surface area contributed by atoms with Crippen molar-refractivity contribution < 1.29 is 49.3 Å². The fourth-order valence-electron chi connectivity index (χ4n) is 9.05. The lowest BCUT2D eigenvalue weighted by Crippen LogP contribution is -2.61. The Morgan fingerprint density at radius 2 is 0.943 bits per heavy atom. The smallest absolute Gasteiger partial charge is 0.306 e. The largest absolute Gasteiger partial charge is 0.454 e. The van der Waals surface area contributed by atoms with Crippen LogP contribution in [0.2, 0.25) is 0 Å². The average molecular weight is 993 g/mol. The molecule has 11 heteroatoms. The van der Waals surface area contributed by atoms with Crippen LogP contribution >= 0.6 is 0 Å². The molecular formula is C59H109NO10. The molecule has 1 amide bonds. The third-order valence-corrected chi connectivity index (χ3v) is 13.8. The number of allylic oxidation sites excluding steroid dienone is 5. The number of nitrogens with one attached hydrogen (secondary N) is 1. The summed E-state index contributed by atoms with van der Waals surface area (Å²) in [4.78, 5) is 26.4. The average Bonchev–Trinajstić information content (AvgIpc) is 3.36. The van der Waals surface area contributed by atoms with Crippen LogP contribution in [0.1, 0.15) is 265 Å². The standard InChI is InChI=1S/C59H109NO10/c1-4-7-10-13-16-19-22-24-25-26-27-29-32-35-38-41-44-47-54(64)70-57-56(66)55(65)53(48-61)69-59(57)68-49-50(51(62)45-42-39-36-33-30-21-18-15-12-9-6-3)60-58(67)52(63)46-43-40-37-34-31-28-23-20-17-14-11-8-5-2/h24-25,31,34,42,45,50-53,55-57,59,61-63,65-66H,4-23,26-30,32-33,35-41,43-44,46-49H2,1-3H3,(H,60,67)/b25-24+,34-31-,45-42+. The van der Waals surface area contributed by atoms with Gasteiger partial charge in [0.05, 0.1) is 25.4 Å². The zero-order valence-corrected chi connectivity index (χ0v) is 45.1. The van der Waals surface area contributed by atoms with Crippen LogP contribution in [0.25, 0.3) is 0 Å². The van der Waals surface area contributed by atoms with Crippen molar-refractivity contribution in [2.24, 2.45) is 0 Å². The van der Waals surface area contributed by atoms with Gasteiger partial charge >= 0.3 is 5.97 Å². The predicted octanol–water partition coefficient (Wildman–Crippen LogP) is 13.1. The van der Waals surface area contributed by atoms with Gasteiger partial charge in [0.15, 0.2) is 12.4 Å². The van der Waals surface area contributed by atoms with Crippen molar-refractivity contribution in [2.75, 3.05) is 13.2 Å². The van der Waals surface area contributed by atoms with Crippen LogP contribution in [0.3, 0.4) is 0 Å². The number of aliphatic hydroxyl groups excluding tert-OH is 5. The van der Waals surface area contributed by atoms with E-state index in [9.17, 15) is 35.1 Å². The van der Waals surface area contributed by atoms with Crippen LogP contribution in [0.5, 0.6) is 0 Å². The molecule has 410 valence electrons. The maximum absolute atomic E-state index is 13.3. The van der Waals surface area contributed by atoms with Gasteiger partial charge in [-0.05, 0) is 77.0 Å². The van der Waals surface area contributed by atoms with E-state index in [-0.39, 0.29) is 19.4 Å². The van der Waals surface area contributed by atoms with Gasteiger partial charge in [-0.2, -0.15) is 0 Å². The van der Waals surface area contributed by atoms with Crippen LogP contribution in [0, 0.1) is 0 Å². The number of amides is 1. The molecule has 0 bridgehead atoms. The molecule has 0 spiro atoms. The van der Waals surface area contributed by atoms with E-state index in [0.29, 0.717) is 12.8 Å². The Morgan fingerprint density at radius 3 is 1.39 bits per heavy atom. The van der Waals surface area contributed by atoms with E-state index in [1.807, 2.05) is 6.08 Å². The lowest BCUT2D eigenvalue weighted by Gasteiger charge is -2.41. The Kier molecular flexibility index (Phi) is 45.1. The van der Waals surface area contributed by atoms with Gasteiger partial charge in [0.2, 0.25) is 5.91 Å². The Balaban J connectivity index is 2.71. The first kappa shape index (κ1) is 65.9. The summed E-state index contributed by atoms with van der Waals surface area (Å²) < 4.78 is 17.6. The second kappa shape index (κ2) is 47.9. The Labute approximate surface area is 428 Å². The molecule has 1 aliphatic heterocycles.